The van der Waals surface area contributed by atoms with Gasteiger partial charge in [0, 0.05) is 6.20 Å². The first-order valence-electron chi connectivity index (χ1n) is 6.42. The van der Waals surface area contributed by atoms with E-state index in [0.29, 0.717) is 0 Å². The molecule has 0 fully saturated rings. The van der Waals surface area contributed by atoms with Gasteiger partial charge in [-0.15, -0.1) is 0 Å². The minimum absolute atomic E-state index is 0.00136. The molecule has 2 rings (SSSR count). The van der Waals surface area contributed by atoms with Crippen LogP contribution in [0.25, 0.3) is 0 Å². The summed E-state index contributed by atoms with van der Waals surface area (Å²) in [5.41, 5.74) is 0.820. The minimum atomic E-state index is -1.16. The Morgan fingerprint density at radius 3 is 2.68 bits per heavy atom. The van der Waals surface area contributed by atoms with Gasteiger partial charge in [-0.05, 0) is 21.5 Å². The van der Waals surface area contributed by atoms with Crippen LogP contribution in [0.15, 0.2) is 47.2 Å². The largest absolute Gasteiger partial charge is 0.480 e. The molecule has 0 saturated carbocycles. The molecule has 8 heteroatoms. The number of rotatable bonds is 6. The molecule has 0 aliphatic rings. The van der Waals surface area contributed by atoms with Crippen LogP contribution in [0.3, 0.4) is 0 Å². The highest BCUT2D eigenvalue weighted by molar-refractivity contribution is 9.10. The van der Waals surface area contributed by atoms with Crippen LogP contribution in [0.5, 0.6) is 0 Å². The molecule has 1 aromatic carbocycles. The molecule has 1 heterocycles. The lowest BCUT2D eigenvalue weighted by Gasteiger charge is -2.14. The van der Waals surface area contributed by atoms with Gasteiger partial charge in [-0.2, -0.15) is 5.10 Å². The molecule has 1 amide bonds. The quantitative estimate of drug-likeness (QED) is 0.814. The summed E-state index contributed by atoms with van der Waals surface area (Å²) >= 11 is 3.22. The van der Waals surface area contributed by atoms with Gasteiger partial charge >= 0.3 is 12.1 Å². The lowest BCUT2D eigenvalue weighted by Crippen LogP contribution is -2.44. The van der Waals surface area contributed by atoms with E-state index < -0.39 is 18.1 Å². The van der Waals surface area contributed by atoms with Gasteiger partial charge in [-0.1, -0.05) is 30.3 Å². The number of aliphatic carboxylic acids is 1. The Kier molecular flexibility index (Phi) is 5.54. The summed E-state index contributed by atoms with van der Waals surface area (Å²) in [6, 6.07) is 7.99. The van der Waals surface area contributed by atoms with Crippen LogP contribution in [0.2, 0.25) is 0 Å². The SMILES string of the molecule is O=C(NC(Cn1cc(Br)cn1)C(=O)O)OCc1ccccc1. The lowest BCUT2D eigenvalue weighted by molar-refractivity contribution is -0.139. The number of hydrogen-bond acceptors (Lipinski definition) is 4. The number of nitrogens with zero attached hydrogens (tertiary/aromatic N) is 2. The van der Waals surface area contributed by atoms with Crippen LogP contribution in [0.4, 0.5) is 4.79 Å². The number of nitrogens with one attached hydrogen (secondary N) is 1. The number of halogens is 1. The standard InChI is InChI=1S/C14H14BrN3O4/c15-11-6-16-18(7-11)8-12(13(19)20)17-14(21)22-9-10-4-2-1-3-5-10/h1-7,12H,8-9H2,(H,17,21)(H,19,20). The van der Waals surface area contributed by atoms with E-state index in [-0.39, 0.29) is 13.2 Å². The van der Waals surface area contributed by atoms with Crippen LogP contribution in [0, 0.1) is 0 Å². The molecule has 0 spiro atoms. The number of ether oxygens (including phenoxy) is 1. The third kappa shape index (κ3) is 4.88. The van der Waals surface area contributed by atoms with Crippen LogP contribution in [-0.4, -0.2) is 33.0 Å². The van der Waals surface area contributed by atoms with E-state index in [9.17, 15) is 9.59 Å². The maximum Gasteiger partial charge on any atom is 0.408 e. The van der Waals surface area contributed by atoms with Crippen LogP contribution in [-0.2, 0) is 22.7 Å². The average Bonchev–Trinajstić information content (AvgIpc) is 2.91. The van der Waals surface area contributed by atoms with Crippen molar-refractivity contribution in [1.29, 1.82) is 0 Å². The van der Waals surface area contributed by atoms with Gasteiger partial charge in [-0.3, -0.25) is 4.68 Å². The van der Waals surface area contributed by atoms with Gasteiger partial charge < -0.3 is 15.2 Å². The number of carbonyl (C=O) groups excluding carboxylic acids is 1. The van der Waals surface area contributed by atoms with Gasteiger partial charge in [0.15, 0.2) is 0 Å². The number of amides is 1. The molecular weight excluding hydrogens is 354 g/mol. The van der Waals surface area contributed by atoms with Crippen molar-refractivity contribution in [2.75, 3.05) is 0 Å². The van der Waals surface area contributed by atoms with Gasteiger partial charge in [0.25, 0.3) is 0 Å². The summed E-state index contributed by atoms with van der Waals surface area (Å²) in [5, 5.41) is 15.4. The smallest absolute Gasteiger partial charge is 0.408 e. The van der Waals surface area contributed by atoms with Crippen molar-refractivity contribution in [2.24, 2.45) is 0 Å². The Morgan fingerprint density at radius 1 is 1.36 bits per heavy atom. The predicted octanol–water partition coefficient (Wildman–Crippen LogP) is 2.03. The number of hydrogen-bond donors (Lipinski definition) is 2. The van der Waals surface area contributed by atoms with Gasteiger partial charge in [0.1, 0.15) is 12.6 Å². The lowest BCUT2D eigenvalue weighted by atomic mass is 10.2. The van der Waals surface area contributed by atoms with E-state index in [2.05, 4.69) is 26.3 Å². The Balaban J connectivity index is 1.87. The minimum Gasteiger partial charge on any atom is -0.480 e. The Labute approximate surface area is 135 Å². The molecule has 1 atom stereocenters. The van der Waals surface area contributed by atoms with Gasteiger partial charge in [0.2, 0.25) is 0 Å². The van der Waals surface area contributed by atoms with Crippen molar-refractivity contribution >= 4 is 28.0 Å². The third-order valence-corrected chi connectivity index (χ3v) is 3.18. The Morgan fingerprint density at radius 2 is 2.09 bits per heavy atom. The van der Waals surface area contributed by atoms with Crippen molar-refractivity contribution < 1.29 is 19.4 Å². The van der Waals surface area contributed by atoms with Gasteiger partial charge in [-0.25, -0.2) is 9.59 Å². The molecule has 0 aliphatic carbocycles. The Hall–Kier alpha value is -2.35. The molecule has 0 aliphatic heterocycles. The van der Waals surface area contributed by atoms with Crippen molar-refractivity contribution in [1.82, 2.24) is 15.1 Å². The second kappa shape index (κ2) is 7.60. The number of carboxylic acids is 1. The van der Waals surface area contributed by atoms with E-state index in [1.165, 1.54) is 10.9 Å². The summed E-state index contributed by atoms with van der Waals surface area (Å²) < 4.78 is 7.14. The number of carboxylic acid groups (broad SMARTS) is 1. The first kappa shape index (κ1) is 16.0. The van der Waals surface area contributed by atoms with Crippen molar-refractivity contribution in [3.63, 3.8) is 0 Å². The fourth-order valence-corrected chi connectivity index (χ4v) is 2.05. The molecule has 7 nitrogen and oxygen atoms in total. The fourth-order valence-electron chi connectivity index (χ4n) is 1.72. The predicted molar refractivity (Wildman–Crippen MR) is 81.1 cm³/mol. The van der Waals surface area contributed by atoms with Gasteiger partial charge in [0.05, 0.1) is 17.2 Å². The van der Waals surface area contributed by atoms with Crippen LogP contribution < -0.4 is 5.32 Å². The second-order valence-electron chi connectivity index (χ2n) is 4.48. The molecule has 1 aromatic heterocycles. The maximum atomic E-state index is 11.7. The molecular formula is C14H14BrN3O4. The highest BCUT2D eigenvalue weighted by atomic mass is 79.9. The second-order valence-corrected chi connectivity index (χ2v) is 5.39. The zero-order chi connectivity index (χ0) is 15.9. The molecule has 0 bridgehead atoms. The zero-order valence-electron chi connectivity index (χ0n) is 11.5. The monoisotopic (exact) mass is 367 g/mol. The number of carbonyl (C=O) groups is 2. The highest BCUT2D eigenvalue weighted by Gasteiger charge is 2.21. The van der Waals surface area contributed by atoms with Crippen molar-refractivity contribution in [3.05, 3.63) is 52.8 Å². The molecule has 2 N–H and O–H groups in total. The van der Waals surface area contributed by atoms with E-state index in [1.807, 2.05) is 30.3 Å². The first-order valence-corrected chi connectivity index (χ1v) is 7.22. The van der Waals surface area contributed by atoms with E-state index in [4.69, 9.17) is 9.84 Å². The third-order valence-electron chi connectivity index (χ3n) is 2.77. The molecule has 116 valence electrons. The van der Waals surface area contributed by atoms with E-state index >= 15 is 0 Å². The number of benzene rings is 1. The summed E-state index contributed by atoms with van der Waals surface area (Å²) in [6.07, 6.45) is 2.36. The summed E-state index contributed by atoms with van der Waals surface area (Å²) in [7, 11) is 0. The number of aromatic nitrogens is 2. The number of alkyl carbamates (subject to hydrolysis) is 1. The summed E-state index contributed by atoms with van der Waals surface area (Å²) in [6.45, 7) is 0.0771. The highest BCUT2D eigenvalue weighted by Crippen LogP contribution is 2.07. The topological polar surface area (TPSA) is 93.5 Å². The van der Waals surface area contributed by atoms with Crippen LogP contribution >= 0.6 is 15.9 Å². The molecule has 0 saturated heterocycles. The Bertz CT molecular complexity index is 645. The van der Waals surface area contributed by atoms with Crippen molar-refractivity contribution in [2.45, 2.75) is 19.2 Å². The maximum absolute atomic E-state index is 11.7. The summed E-state index contributed by atoms with van der Waals surface area (Å²) in [5.74, 6) is -1.16. The molecule has 22 heavy (non-hydrogen) atoms. The zero-order valence-corrected chi connectivity index (χ0v) is 13.1. The normalized spacial score (nSPS) is 11.7. The van der Waals surface area contributed by atoms with Crippen molar-refractivity contribution in [3.8, 4) is 0 Å². The van der Waals surface area contributed by atoms with Crippen LogP contribution in [0.1, 0.15) is 5.56 Å². The fraction of sp³-hybridized carbons (Fsp3) is 0.214. The summed E-state index contributed by atoms with van der Waals surface area (Å²) in [4.78, 5) is 22.9. The molecule has 1 unspecified atom stereocenters. The first-order chi connectivity index (χ1) is 10.5. The van der Waals surface area contributed by atoms with E-state index in [0.717, 1.165) is 10.0 Å². The molecule has 2 aromatic rings. The van der Waals surface area contributed by atoms with E-state index in [1.54, 1.807) is 6.20 Å². The average molecular weight is 368 g/mol. The molecule has 0 radical (unpaired) electrons.